The van der Waals surface area contributed by atoms with Crippen LogP contribution < -0.4 is 10.3 Å². The summed E-state index contributed by atoms with van der Waals surface area (Å²) in [6, 6.07) is 0.522. The van der Waals surface area contributed by atoms with Crippen molar-refractivity contribution in [3.8, 4) is 0 Å². The minimum absolute atomic E-state index is 0.00840. The number of hydrogen-bond acceptors (Lipinski definition) is 5. The van der Waals surface area contributed by atoms with Gasteiger partial charge in [0.1, 0.15) is 18.1 Å². The molecule has 1 aromatic heterocycles. The average molecular weight is 395 g/mol. The van der Waals surface area contributed by atoms with Gasteiger partial charge in [0, 0.05) is 38.1 Å². The molecule has 1 aromatic carbocycles. The van der Waals surface area contributed by atoms with Gasteiger partial charge in [0.15, 0.2) is 0 Å². The topological polar surface area (TPSA) is 65.8 Å². The van der Waals surface area contributed by atoms with Crippen molar-refractivity contribution < 1.29 is 18.7 Å². The smallest absolute Gasteiger partial charge is 0.341 e. The fourth-order valence-corrected chi connectivity index (χ4v) is 5.05. The van der Waals surface area contributed by atoms with Crippen molar-refractivity contribution in [1.82, 2.24) is 9.47 Å². The van der Waals surface area contributed by atoms with E-state index < -0.39 is 35.5 Å². The van der Waals surface area contributed by atoms with E-state index in [4.69, 9.17) is 0 Å². The number of piperazine rings is 1. The molecule has 9 heteroatoms. The number of likely N-dealkylation sites (N-methyl/N-ethyl adjacent to an activating group) is 1. The third-order valence-corrected chi connectivity index (χ3v) is 6.47. The van der Waals surface area contributed by atoms with Crippen LogP contribution in [-0.4, -0.2) is 66.2 Å². The van der Waals surface area contributed by atoms with Crippen molar-refractivity contribution in [2.24, 2.45) is 0 Å². The van der Waals surface area contributed by atoms with Gasteiger partial charge in [0.2, 0.25) is 5.43 Å². The fourth-order valence-electron chi connectivity index (χ4n) is 3.72. The largest absolute Gasteiger partial charge is 0.477 e. The summed E-state index contributed by atoms with van der Waals surface area (Å²) in [6.45, 7) is 2.19. The number of thioether (sulfide) groups is 1. The van der Waals surface area contributed by atoms with Gasteiger partial charge in [0.05, 0.1) is 27.5 Å². The van der Waals surface area contributed by atoms with Crippen LogP contribution in [0.5, 0.6) is 0 Å². The maximum Gasteiger partial charge on any atom is 0.341 e. The molecule has 27 heavy (non-hydrogen) atoms. The Morgan fingerprint density at radius 1 is 1.33 bits per heavy atom. The summed E-state index contributed by atoms with van der Waals surface area (Å²) in [6.07, 6.45) is 1.20. The molecule has 1 N–H and O–H groups in total. The number of aromatic nitrogens is 1. The summed E-state index contributed by atoms with van der Waals surface area (Å²) in [4.78, 5) is 28.7. The molecule has 0 radical (unpaired) electrons. The Kier molecular flexibility index (Phi) is 4.59. The average Bonchev–Trinajstić information content (AvgIpc) is 2.65. The number of carbonyl (C=O) groups is 1. The monoisotopic (exact) mass is 395 g/mol. The van der Waals surface area contributed by atoms with Crippen LogP contribution >= 0.6 is 11.8 Å². The Bertz CT molecular complexity index is 986. The molecule has 1 atom stereocenters. The van der Waals surface area contributed by atoms with Crippen LogP contribution in [0.4, 0.5) is 14.5 Å². The maximum atomic E-state index is 15.1. The number of hydrogen-bond donors (Lipinski definition) is 1. The van der Waals surface area contributed by atoms with E-state index in [1.807, 2.05) is 11.9 Å². The first kappa shape index (κ1) is 18.2. The predicted molar refractivity (Wildman–Crippen MR) is 101 cm³/mol. The number of benzene rings is 1. The molecule has 1 saturated heterocycles. The van der Waals surface area contributed by atoms with Crippen LogP contribution in [0.2, 0.25) is 0 Å². The molecule has 0 amide bonds. The molecule has 3 heterocycles. The Hall–Kier alpha value is -2.13. The first-order valence-corrected chi connectivity index (χ1v) is 9.67. The number of nitrogens with zero attached hydrogens (tertiary/aromatic N) is 3. The van der Waals surface area contributed by atoms with E-state index in [0.717, 1.165) is 19.2 Å². The van der Waals surface area contributed by atoms with Crippen molar-refractivity contribution in [1.29, 1.82) is 0 Å². The van der Waals surface area contributed by atoms with Gasteiger partial charge in [0.25, 0.3) is 0 Å². The van der Waals surface area contributed by atoms with Crippen molar-refractivity contribution >= 4 is 34.3 Å². The molecule has 6 nitrogen and oxygen atoms in total. The number of anilines is 1. The van der Waals surface area contributed by atoms with Gasteiger partial charge in [-0.25, -0.2) is 13.6 Å². The highest BCUT2D eigenvalue weighted by Crippen LogP contribution is 2.44. The zero-order chi connectivity index (χ0) is 19.3. The van der Waals surface area contributed by atoms with Gasteiger partial charge >= 0.3 is 5.97 Å². The molecule has 0 aliphatic carbocycles. The lowest BCUT2D eigenvalue weighted by Crippen LogP contribution is -2.45. The third kappa shape index (κ3) is 2.89. The minimum atomic E-state index is -1.40. The summed E-state index contributed by atoms with van der Waals surface area (Å²) < 4.78 is 30.1. The van der Waals surface area contributed by atoms with Crippen LogP contribution in [0.15, 0.2) is 22.0 Å². The molecule has 1 unspecified atom stereocenters. The number of aromatic carboxylic acids is 1. The van der Waals surface area contributed by atoms with E-state index in [2.05, 4.69) is 4.90 Å². The van der Waals surface area contributed by atoms with Crippen molar-refractivity contribution in [3.05, 3.63) is 33.9 Å². The maximum absolute atomic E-state index is 15.1. The van der Waals surface area contributed by atoms with Crippen LogP contribution in [0.25, 0.3) is 10.9 Å². The number of pyridine rings is 1. The Morgan fingerprint density at radius 2 is 2.04 bits per heavy atom. The molecule has 0 spiro atoms. The highest BCUT2D eigenvalue weighted by atomic mass is 32.2. The molecule has 144 valence electrons. The minimum Gasteiger partial charge on any atom is -0.477 e. The summed E-state index contributed by atoms with van der Waals surface area (Å²) >= 11 is 1.33. The molecule has 0 saturated carbocycles. The molecule has 1 fully saturated rings. The second-order valence-electron chi connectivity index (χ2n) is 6.93. The Morgan fingerprint density at radius 3 is 2.67 bits per heavy atom. The van der Waals surface area contributed by atoms with Crippen molar-refractivity contribution in [3.63, 3.8) is 0 Å². The highest BCUT2D eigenvalue weighted by molar-refractivity contribution is 7.99. The fraction of sp³-hybridized carbons (Fsp3) is 0.444. The van der Waals surface area contributed by atoms with Crippen molar-refractivity contribution in [2.45, 2.75) is 10.9 Å². The van der Waals surface area contributed by atoms with Crippen LogP contribution in [0.1, 0.15) is 16.4 Å². The number of rotatable bonds is 3. The quantitative estimate of drug-likeness (QED) is 0.860. The zero-order valence-electron chi connectivity index (χ0n) is 14.7. The number of carboxylic acid groups (broad SMARTS) is 1. The second kappa shape index (κ2) is 6.79. The number of halogens is 2. The Balaban J connectivity index is 2.01. The predicted octanol–water partition coefficient (Wildman–Crippen LogP) is 2.21. The summed E-state index contributed by atoms with van der Waals surface area (Å²) in [7, 11) is 2.00. The second-order valence-corrected chi connectivity index (χ2v) is 7.96. The highest BCUT2D eigenvalue weighted by Gasteiger charge is 2.31. The first-order chi connectivity index (χ1) is 12.9. The molecule has 0 bridgehead atoms. The third-order valence-electron chi connectivity index (χ3n) is 5.24. The lowest BCUT2D eigenvalue weighted by Gasteiger charge is -2.37. The van der Waals surface area contributed by atoms with Crippen LogP contribution in [0, 0.1) is 5.82 Å². The van der Waals surface area contributed by atoms with E-state index in [0.29, 0.717) is 34.9 Å². The van der Waals surface area contributed by atoms with E-state index in [-0.39, 0.29) is 5.39 Å². The number of alkyl halides is 1. The lowest BCUT2D eigenvalue weighted by atomic mass is 10.1. The summed E-state index contributed by atoms with van der Waals surface area (Å²) in [5.74, 6) is -1.59. The van der Waals surface area contributed by atoms with Crippen LogP contribution in [-0.2, 0) is 0 Å². The van der Waals surface area contributed by atoms with Crippen molar-refractivity contribution in [2.75, 3.05) is 50.6 Å². The zero-order valence-corrected chi connectivity index (χ0v) is 15.6. The normalized spacial score (nSPS) is 20.3. The standard InChI is InChI=1S/C18H19F2N3O3S/c1-21-2-4-22(5-3-21)15-13(20)6-11-14-17(15)27-9-10(7-19)23(14)8-12(16(11)24)18(25)26/h6,8,10H,2-5,7,9H2,1H3,(H,25,26). The van der Waals surface area contributed by atoms with Gasteiger partial charge in [-0.15, -0.1) is 11.8 Å². The van der Waals surface area contributed by atoms with Gasteiger partial charge in [-0.05, 0) is 13.1 Å². The SMILES string of the molecule is CN1CCN(c2c(F)cc3c(=O)c(C(=O)O)cn4c3c2SCC4CF)CC1. The lowest BCUT2D eigenvalue weighted by molar-refractivity contribution is 0.0694. The molecular formula is C18H19F2N3O3S. The summed E-state index contributed by atoms with van der Waals surface area (Å²) in [5.41, 5.74) is -0.349. The van der Waals surface area contributed by atoms with Gasteiger partial charge in [-0.1, -0.05) is 0 Å². The van der Waals surface area contributed by atoms with Gasteiger partial charge in [-0.3, -0.25) is 4.79 Å². The summed E-state index contributed by atoms with van der Waals surface area (Å²) in [5, 5.41) is 9.32. The molecule has 2 aliphatic rings. The first-order valence-electron chi connectivity index (χ1n) is 8.69. The molecule has 2 aliphatic heterocycles. The molecule has 4 rings (SSSR count). The van der Waals surface area contributed by atoms with E-state index in [9.17, 15) is 19.1 Å². The molecule has 2 aromatic rings. The van der Waals surface area contributed by atoms with Gasteiger partial charge in [-0.2, -0.15) is 0 Å². The number of carboxylic acids is 1. The Labute approximate surface area is 158 Å². The van der Waals surface area contributed by atoms with E-state index in [1.54, 1.807) is 0 Å². The van der Waals surface area contributed by atoms with Gasteiger partial charge < -0.3 is 19.5 Å². The van der Waals surface area contributed by atoms with E-state index >= 15 is 4.39 Å². The van der Waals surface area contributed by atoms with Crippen LogP contribution in [0.3, 0.4) is 0 Å². The van der Waals surface area contributed by atoms with E-state index in [1.165, 1.54) is 22.5 Å². The molecular weight excluding hydrogens is 376 g/mol.